The van der Waals surface area contributed by atoms with Crippen molar-refractivity contribution >= 4 is 0 Å². The number of quaternary nitrogens is 1. The first-order valence-electron chi connectivity index (χ1n) is 14.3. The molecule has 0 saturated carbocycles. The van der Waals surface area contributed by atoms with Crippen LogP contribution in [0.5, 0.6) is 0 Å². The summed E-state index contributed by atoms with van der Waals surface area (Å²) in [6.45, 7) is 30.0. The molecule has 4 nitrogen and oxygen atoms in total. The smallest absolute Gasteiger partial charge is 1.00 e. The van der Waals surface area contributed by atoms with Crippen molar-refractivity contribution in [3.05, 3.63) is 0 Å². The molecule has 246 valence electrons. The van der Waals surface area contributed by atoms with Gasteiger partial charge in [0.05, 0.1) is 19.6 Å². The Balaban J connectivity index is -0.0000000685. The van der Waals surface area contributed by atoms with E-state index in [0.717, 1.165) is 47.9 Å². The molecule has 2 radical (unpaired) electrons. The Morgan fingerprint density at radius 1 is 0.632 bits per heavy atom. The van der Waals surface area contributed by atoms with Crippen molar-refractivity contribution in [3.63, 3.8) is 0 Å². The fourth-order valence-electron chi connectivity index (χ4n) is 5.34. The Kier molecular flexibility index (Phi) is 62.9. The molecule has 10 heteroatoms. The first-order chi connectivity index (χ1) is 15.3. The molecule has 0 aliphatic heterocycles. The van der Waals surface area contributed by atoms with Gasteiger partial charge in [-0.3, -0.25) is 0 Å². The largest absolute Gasteiger partial charge is 2.00 e. The van der Waals surface area contributed by atoms with Crippen molar-refractivity contribution < 1.29 is 107 Å². The minimum atomic E-state index is 0. The predicted octanol–water partition coefficient (Wildman–Crippen LogP) is -4.73. The van der Waals surface area contributed by atoms with E-state index in [1.807, 2.05) is 0 Å². The molecule has 0 aliphatic rings. The van der Waals surface area contributed by atoms with E-state index in [0.29, 0.717) is 0 Å². The molecule has 0 aromatic heterocycles. The van der Waals surface area contributed by atoms with Crippen molar-refractivity contribution in [2.45, 2.75) is 121 Å². The molecule has 0 bridgehead atoms. The number of rotatable bonds is 19. The quantitative estimate of drug-likeness (QED) is 0.0451. The Labute approximate surface area is 303 Å². The molecule has 0 saturated heterocycles. The molecule has 2 atom stereocenters. The van der Waals surface area contributed by atoms with Crippen LogP contribution in [0.15, 0.2) is 0 Å². The molecular weight excluding hydrogens is 841 g/mol. The monoisotopic (exact) mass is 901 g/mol. The third kappa shape index (κ3) is 27.6. The van der Waals surface area contributed by atoms with Gasteiger partial charge in [0.1, 0.15) is 0 Å². The number of hydrazine groups is 1. The Morgan fingerprint density at radius 2 is 0.974 bits per heavy atom. The van der Waals surface area contributed by atoms with Gasteiger partial charge in [0.15, 0.2) is 0 Å². The molecule has 0 aliphatic carbocycles. The van der Waals surface area contributed by atoms with Gasteiger partial charge in [-0.2, -0.15) is 0 Å². The Hall–Kier alpha value is 2.80. The number of halogens is 4. The van der Waals surface area contributed by atoms with Crippen LogP contribution in [-0.4, -0.2) is 48.8 Å². The fraction of sp³-hybridized carbons (Fsp3) is 1.00. The zero-order chi connectivity index (χ0) is 25.0. The Bertz CT molecular complexity index is 393. The molecule has 3 N–H and O–H groups in total. The van der Waals surface area contributed by atoms with Crippen LogP contribution in [0.4, 0.5) is 0 Å². The van der Waals surface area contributed by atoms with E-state index in [9.17, 15) is 0 Å². The maximum atomic E-state index is 5.68. The van der Waals surface area contributed by atoms with E-state index in [4.69, 9.17) is 5.84 Å². The summed E-state index contributed by atoms with van der Waals surface area (Å²) in [5, 5.41) is 0. The minimum Gasteiger partial charge on any atom is -1.00 e. The van der Waals surface area contributed by atoms with Gasteiger partial charge in [-0.25, -0.2) is 10.4 Å². The van der Waals surface area contributed by atoms with Crippen LogP contribution in [0, 0.1) is 23.7 Å². The van der Waals surface area contributed by atoms with E-state index in [-0.39, 0.29) is 102 Å². The topological polar surface area (TPSA) is 41.3 Å². The third-order valence-corrected chi connectivity index (χ3v) is 8.47. The molecular formula is C28H65Br4Cu2N4+. The van der Waals surface area contributed by atoms with Gasteiger partial charge in [0.25, 0.3) is 0 Å². The number of nitrogens with two attached hydrogens (primary N) is 1. The molecule has 2 unspecified atom stereocenters. The number of nitrogens with one attached hydrogen (secondary N) is 1. The van der Waals surface area contributed by atoms with Crippen LogP contribution in [-0.2, 0) is 34.1 Å². The summed E-state index contributed by atoms with van der Waals surface area (Å²) in [4.78, 5) is 2.53. The van der Waals surface area contributed by atoms with E-state index in [2.05, 4.69) is 79.7 Å². The minimum absolute atomic E-state index is 0. The molecule has 0 aromatic carbocycles. The molecule has 0 amide bonds. The second-order valence-electron chi connectivity index (χ2n) is 10.0. The van der Waals surface area contributed by atoms with E-state index in [1.54, 1.807) is 0 Å². The van der Waals surface area contributed by atoms with Crippen LogP contribution >= 0.6 is 0 Å². The third-order valence-electron chi connectivity index (χ3n) is 8.47. The van der Waals surface area contributed by atoms with Gasteiger partial charge in [0.2, 0.25) is 0 Å². The average Bonchev–Trinajstić information content (AvgIpc) is 2.82. The molecule has 0 spiro atoms. The maximum absolute atomic E-state index is 5.68. The predicted molar refractivity (Wildman–Crippen MR) is 146 cm³/mol. The van der Waals surface area contributed by atoms with E-state index < -0.39 is 0 Å². The molecule has 38 heavy (non-hydrogen) atoms. The second-order valence-corrected chi connectivity index (χ2v) is 10.0. The van der Waals surface area contributed by atoms with Crippen molar-refractivity contribution in [2.24, 2.45) is 29.5 Å². The number of hydrogen-bond acceptors (Lipinski definition) is 3. The van der Waals surface area contributed by atoms with E-state index >= 15 is 0 Å². The number of hydrogen-bond donors (Lipinski definition) is 2. The van der Waals surface area contributed by atoms with Gasteiger partial charge in [-0.15, -0.1) is 5.53 Å². The van der Waals surface area contributed by atoms with Crippen LogP contribution < -0.4 is 79.3 Å². The second kappa shape index (κ2) is 39.8. The van der Waals surface area contributed by atoms with Gasteiger partial charge >= 0.3 is 34.1 Å². The first-order valence-corrected chi connectivity index (χ1v) is 14.3. The van der Waals surface area contributed by atoms with Gasteiger partial charge in [0, 0.05) is 0 Å². The normalized spacial score (nSPS) is 11.8. The molecule has 0 aromatic rings. The van der Waals surface area contributed by atoms with Crippen LogP contribution in [0.2, 0.25) is 0 Å². The van der Waals surface area contributed by atoms with Crippen molar-refractivity contribution in [1.29, 1.82) is 0 Å². The van der Waals surface area contributed by atoms with Gasteiger partial charge in [-0.05, 0) is 82.8 Å². The zero-order valence-electron chi connectivity index (χ0n) is 26.3. The molecule has 0 rings (SSSR count). The summed E-state index contributed by atoms with van der Waals surface area (Å²) in [6, 6.07) is 0. The maximum Gasteiger partial charge on any atom is 2.00 e. The summed E-state index contributed by atoms with van der Waals surface area (Å²) in [5.74, 6) is 9.28. The molecule has 0 heterocycles. The Morgan fingerprint density at radius 3 is 1.24 bits per heavy atom. The van der Waals surface area contributed by atoms with Gasteiger partial charge in [-0.1, -0.05) is 81.1 Å². The summed E-state index contributed by atoms with van der Waals surface area (Å²) in [6.07, 6.45) is 10.7. The van der Waals surface area contributed by atoms with Gasteiger partial charge < -0.3 is 72.8 Å². The summed E-state index contributed by atoms with van der Waals surface area (Å²) in [7, 11) is 0. The van der Waals surface area contributed by atoms with Crippen molar-refractivity contribution in [1.82, 2.24) is 10.4 Å². The SMILES string of the molecule is CCC(CC)C(C)CCC[15N+](CC)(CC)NN.CCC(CC)C(C)CCC[15N](CC)CC.[Br-].[Br-].[Br-].[Br-].[Cu+2].[Cu+2]. The number of nitrogens with zero attached hydrogens (tertiary/aromatic N) is 2. The van der Waals surface area contributed by atoms with Crippen LogP contribution in [0.1, 0.15) is 121 Å². The zero-order valence-corrected chi connectivity index (χ0v) is 34.5. The summed E-state index contributed by atoms with van der Waals surface area (Å²) >= 11 is 0. The standard InChI is InChI=1S/C14H34N3.C14H31N.4BrH.2Cu/c1-6-14(7-2)13(5)11-10-12-17(8-3,9-4)16-15;1-6-14(7-2)13(5)11-10-12-15(8-3)9-4;;;;;;/h13-14,16H,6-12,15H2,1-5H3;13-14H,6-12H2,1-5H3;4*1H;;/q+1;;;;;;2*+2/p-4/i17+1;15+1;;;;;;. The fourth-order valence-corrected chi connectivity index (χ4v) is 5.34. The van der Waals surface area contributed by atoms with Crippen LogP contribution in [0.3, 0.4) is 0 Å². The van der Waals surface area contributed by atoms with E-state index in [1.165, 1.54) is 71.0 Å². The first kappa shape index (κ1) is 60.1. The van der Waals surface area contributed by atoms with Crippen molar-refractivity contribution in [3.8, 4) is 0 Å². The van der Waals surface area contributed by atoms with Crippen LogP contribution in [0.25, 0.3) is 0 Å². The summed E-state index contributed by atoms with van der Waals surface area (Å²) < 4.78 is 0.843. The van der Waals surface area contributed by atoms with Crippen molar-refractivity contribution in [2.75, 3.05) is 39.3 Å². The average molecular weight is 907 g/mol. The summed E-state index contributed by atoms with van der Waals surface area (Å²) in [5.41, 5.74) is 2.98. The molecule has 0 fully saturated rings.